The molecule has 3 heterocycles. The van der Waals surface area contributed by atoms with Crippen LogP contribution in [-0.4, -0.2) is 61.6 Å². The Hall–Kier alpha value is -3.33. The first-order chi connectivity index (χ1) is 21.7. The van der Waals surface area contributed by atoms with Crippen LogP contribution in [0.3, 0.4) is 0 Å². The Kier molecular flexibility index (Phi) is 9.54. The van der Waals surface area contributed by atoms with E-state index in [9.17, 15) is 14.0 Å². The first-order valence-corrected chi connectivity index (χ1v) is 16.5. The van der Waals surface area contributed by atoms with Gasteiger partial charge in [-0.25, -0.2) is 9.18 Å². The molecular weight excluding hydrogens is 614 g/mol. The summed E-state index contributed by atoms with van der Waals surface area (Å²) >= 11 is 12.6. The molecule has 3 aromatic carbocycles. The van der Waals surface area contributed by atoms with E-state index >= 15 is 0 Å². The number of anilines is 2. The summed E-state index contributed by atoms with van der Waals surface area (Å²) in [4.78, 5) is 32.8. The number of rotatable bonds is 8. The fraction of sp³-hybridized carbons (Fsp3) is 0.429. The van der Waals surface area contributed by atoms with Gasteiger partial charge in [0.1, 0.15) is 11.4 Å². The first-order valence-electron chi connectivity index (χ1n) is 15.8. The predicted molar refractivity (Wildman–Crippen MR) is 177 cm³/mol. The number of likely N-dealkylation sites (N-methyl/N-ethyl adjacent to an activating group) is 1. The van der Waals surface area contributed by atoms with Crippen LogP contribution in [0.4, 0.5) is 20.6 Å². The highest BCUT2D eigenvalue weighted by atomic mass is 35.5. The third kappa shape index (κ3) is 7.08. The number of halogens is 3. The molecule has 238 valence electrons. The summed E-state index contributed by atoms with van der Waals surface area (Å²) in [5.74, 6) is -0.765. The number of piperidine rings is 2. The number of nitrogens with zero attached hydrogens (tertiary/aromatic N) is 3. The highest BCUT2D eigenvalue weighted by molar-refractivity contribution is 6.42. The Labute approximate surface area is 274 Å². The second-order valence-corrected chi connectivity index (χ2v) is 13.3. The van der Waals surface area contributed by atoms with Gasteiger partial charge >= 0.3 is 6.09 Å². The van der Waals surface area contributed by atoms with Crippen molar-refractivity contribution in [2.45, 2.75) is 56.6 Å². The zero-order valence-electron chi connectivity index (χ0n) is 25.5. The standard InChI is InChI=1S/C35H39Cl2FN4O3/c1-40(23-24-5-9-27(10-6-24)42-16-3-2-4-17-42)33(43)28(25-7-11-30(36)31(37)21-25)13-18-41-19-14-35(15-20-41)29-22-26(38)8-12-32(29)39-34(44)45-35/h5-12,21-22,28H,2-4,13-20,23H2,1H3,(H,39,44). The molecular formula is C35H39Cl2FN4O3. The number of ether oxygens (including phenoxy) is 1. The molecule has 2 saturated heterocycles. The maximum Gasteiger partial charge on any atom is 0.412 e. The van der Waals surface area contributed by atoms with Crippen molar-refractivity contribution in [3.05, 3.63) is 93.2 Å². The molecule has 0 bridgehead atoms. The van der Waals surface area contributed by atoms with Crippen molar-refractivity contribution >= 4 is 46.6 Å². The van der Waals surface area contributed by atoms with Crippen LogP contribution in [-0.2, 0) is 21.7 Å². The van der Waals surface area contributed by atoms with E-state index in [-0.39, 0.29) is 11.7 Å². The van der Waals surface area contributed by atoms with Crippen LogP contribution < -0.4 is 10.2 Å². The average molecular weight is 654 g/mol. The molecule has 2 fully saturated rings. The second-order valence-electron chi connectivity index (χ2n) is 12.5. The fourth-order valence-electron chi connectivity index (χ4n) is 6.94. The topological polar surface area (TPSA) is 65.1 Å². The van der Waals surface area contributed by atoms with E-state index in [2.05, 4.69) is 39.4 Å². The smallest absolute Gasteiger partial charge is 0.412 e. The third-order valence-corrected chi connectivity index (χ3v) is 10.2. The number of carbonyl (C=O) groups excluding carboxylic acids is 2. The van der Waals surface area contributed by atoms with Crippen molar-refractivity contribution < 1.29 is 18.7 Å². The zero-order valence-corrected chi connectivity index (χ0v) is 27.0. The van der Waals surface area contributed by atoms with Crippen LogP contribution in [0.1, 0.15) is 61.1 Å². The summed E-state index contributed by atoms with van der Waals surface area (Å²) in [6.45, 7) is 4.63. The Morgan fingerprint density at radius 1 is 0.978 bits per heavy atom. The lowest BCUT2D eigenvalue weighted by Crippen LogP contribution is -2.48. The first kappa shape index (κ1) is 31.6. The number of likely N-dealkylation sites (tertiary alicyclic amines) is 1. The minimum Gasteiger partial charge on any atom is -0.438 e. The molecule has 1 N–H and O–H groups in total. The number of hydrogen-bond donors (Lipinski definition) is 1. The number of amides is 2. The van der Waals surface area contributed by atoms with Gasteiger partial charge in [-0.3, -0.25) is 10.1 Å². The minimum absolute atomic E-state index is 0.0127. The molecule has 0 aliphatic carbocycles. The maximum atomic E-state index is 14.2. The summed E-state index contributed by atoms with van der Waals surface area (Å²) in [7, 11) is 1.85. The molecule has 3 aliphatic heterocycles. The van der Waals surface area contributed by atoms with E-state index < -0.39 is 17.6 Å². The molecule has 3 aliphatic rings. The van der Waals surface area contributed by atoms with Gasteiger partial charge in [0.05, 0.1) is 21.7 Å². The molecule has 0 radical (unpaired) electrons. The van der Waals surface area contributed by atoms with Gasteiger partial charge in [0, 0.05) is 63.9 Å². The van der Waals surface area contributed by atoms with Crippen molar-refractivity contribution in [3.63, 3.8) is 0 Å². The van der Waals surface area contributed by atoms with Crippen LogP contribution in [0.5, 0.6) is 0 Å². The predicted octanol–water partition coefficient (Wildman–Crippen LogP) is 7.81. The van der Waals surface area contributed by atoms with E-state index in [0.717, 1.165) is 24.2 Å². The van der Waals surface area contributed by atoms with Gasteiger partial charge in [-0.15, -0.1) is 0 Å². The van der Waals surface area contributed by atoms with Gasteiger partial charge in [0.15, 0.2) is 0 Å². The number of carbonyl (C=O) groups is 2. The Balaban J connectivity index is 1.13. The highest BCUT2D eigenvalue weighted by Crippen LogP contribution is 2.44. The molecule has 3 aromatic rings. The Bertz CT molecular complexity index is 1540. The third-order valence-electron chi connectivity index (χ3n) is 9.49. The fourth-order valence-corrected chi connectivity index (χ4v) is 7.24. The second kappa shape index (κ2) is 13.6. The van der Waals surface area contributed by atoms with Gasteiger partial charge in [0.2, 0.25) is 5.91 Å². The molecule has 10 heteroatoms. The van der Waals surface area contributed by atoms with Crippen LogP contribution in [0.15, 0.2) is 60.7 Å². The Morgan fingerprint density at radius 2 is 1.71 bits per heavy atom. The largest absolute Gasteiger partial charge is 0.438 e. The van der Waals surface area contributed by atoms with Crippen molar-refractivity contribution in [2.75, 3.05) is 50.0 Å². The lowest BCUT2D eigenvalue weighted by molar-refractivity contribution is -0.132. The monoisotopic (exact) mass is 652 g/mol. The summed E-state index contributed by atoms with van der Waals surface area (Å²) in [5, 5.41) is 3.55. The van der Waals surface area contributed by atoms with Gasteiger partial charge < -0.3 is 19.4 Å². The van der Waals surface area contributed by atoms with Gasteiger partial charge in [-0.1, -0.05) is 41.4 Å². The molecule has 6 rings (SSSR count). The summed E-state index contributed by atoms with van der Waals surface area (Å²) < 4.78 is 20.0. The lowest BCUT2D eigenvalue weighted by Gasteiger charge is -2.44. The van der Waals surface area contributed by atoms with E-state index in [4.69, 9.17) is 27.9 Å². The van der Waals surface area contributed by atoms with Crippen LogP contribution in [0, 0.1) is 5.82 Å². The highest BCUT2D eigenvalue weighted by Gasteiger charge is 2.44. The minimum atomic E-state index is -0.862. The van der Waals surface area contributed by atoms with E-state index in [1.54, 1.807) is 23.1 Å². The SMILES string of the molecule is CN(Cc1ccc(N2CCCCC2)cc1)C(=O)C(CCN1CCC2(CC1)OC(=O)Nc1ccc(F)cc12)c1ccc(Cl)c(Cl)c1. The van der Waals surface area contributed by atoms with Gasteiger partial charge in [-0.2, -0.15) is 0 Å². The number of fused-ring (bicyclic) bond motifs is 2. The van der Waals surface area contributed by atoms with Crippen LogP contribution in [0.25, 0.3) is 0 Å². The summed E-state index contributed by atoms with van der Waals surface area (Å²) in [5.41, 5.74) is 3.55. The van der Waals surface area contributed by atoms with Crippen LogP contribution >= 0.6 is 23.2 Å². The molecule has 0 saturated carbocycles. The molecule has 7 nitrogen and oxygen atoms in total. The molecule has 1 atom stereocenters. The van der Waals surface area contributed by atoms with Crippen molar-refractivity contribution in [3.8, 4) is 0 Å². The van der Waals surface area contributed by atoms with Crippen molar-refractivity contribution in [1.82, 2.24) is 9.80 Å². The number of benzene rings is 3. The number of nitrogens with one attached hydrogen (secondary N) is 1. The quantitative estimate of drug-likeness (QED) is 0.269. The van der Waals surface area contributed by atoms with E-state index in [1.165, 1.54) is 37.1 Å². The summed E-state index contributed by atoms with van der Waals surface area (Å²) in [6, 6.07) is 18.3. The molecule has 45 heavy (non-hydrogen) atoms. The average Bonchev–Trinajstić information content (AvgIpc) is 3.04. The van der Waals surface area contributed by atoms with Crippen molar-refractivity contribution in [1.29, 1.82) is 0 Å². The number of hydrogen-bond acceptors (Lipinski definition) is 5. The zero-order chi connectivity index (χ0) is 31.6. The molecule has 0 aromatic heterocycles. The van der Waals surface area contributed by atoms with Gasteiger partial charge in [-0.05, 0) is 85.8 Å². The lowest BCUT2D eigenvalue weighted by atomic mass is 9.82. The van der Waals surface area contributed by atoms with Crippen molar-refractivity contribution in [2.24, 2.45) is 0 Å². The Morgan fingerprint density at radius 3 is 2.42 bits per heavy atom. The van der Waals surface area contributed by atoms with Gasteiger partial charge in [0.25, 0.3) is 0 Å². The van der Waals surface area contributed by atoms with E-state index in [1.807, 2.05) is 13.1 Å². The molecule has 1 spiro atoms. The van der Waals surface area contributed by atoms with Crippen LogP contribution in [0.2, 0.25) is 10.0 Å². The normalized spacial score (nSPS) is 18.6. The molecule has 1 unspecified atom stereocenters. The maximum absolute atomic E-state index is 14.2. The summed E-state index contributed by atoms with van der Waals surface area (Å²) in [6.07, 6.45) is 4.89. The molecule has 2 amide bonds. The van der Waals surface area contributed by atoms with E-state index in [0.29, 0.717) is 66.7 Å².